The highest BCUT2D eigenvalue weighted by atomic mass is 16.6. The van der Waals surface area contributed by atoms with Crippen molar-refractivity contribution in [3.63, 3.8) is 0 Å². The number of aromatic nitrogens is 1. The van der Waals surface area contributed by atoms with Gasteiger partial charge in [0.2, 0.25) is 0 Å². The van der Waals surface area contributed by atoms with E-state index in [4.69, 9.17) is 14.2 Å². The third kappa shape index (κ3) is 6.23. The second-order valence-electron chi connectivity index (χ2n) is 7.69. The third-order valence-corrected chi connectivity index (χ3v) is 5.32. The monoisotopic (exact) mass is 453 g/mol. The Morgan fingerprint density at radius 1 is 0.765 bits per heavy atom. The van der Waals surface area contributed by atoms with Crippen molar-refractivity contribution in [3.8, 4) is 11.5 Å². The van der Waals surface area contributed by atoms with Gasteiger partial charge in [0.05, 0.1) is 18.2 Å². The predicted octanol–water partition coefficient (Wildman–Crippen LogP) is 5.78. The molecule has 0 fully saturated rings. The van der Waals surface area contributed by atoms with Gasteiger partial charge in [-0.15, -0.1) is 0 Å². The van der Waals surface area contributed by atoms with E-state index in [1.807, 2.05) is 84.9 Å². The number of rotatable bonds is 10. The highest BCUT2D eigenvalue weighted by Crippen LogP contribution is 2.32. The van der Waals surface area contributed by atoms with Crippen molar-refractivity contribution in [2.75, 3.05) is 13.2 Å². The van der Waals surface area contributed by atoms with Gasteiger partial charge >= 0.3 is 5.97 Å². The molecule has 5 nitrogen and oxygen atoms in total. The first-order chi connectivity index (χ1) is 16.7. The summed E-state index contributed by atoms with van der Waals surface area (Å²) in [4.78, 5) is 16.2. The van der Waals surface area contributed by atoms with Crippen LogP contribution in [0.25, 0.3) is 0 Å². The molecular formula is C29H27NO4. The maximum absolute atomic E-state index is 11.6. The molecular weight excluding hydrogens is 426 g/mol. The minimum Gasteiger partial charge on any atom is -0.489 e. The Balaban J connectivity index is 1.51. The van der Waals surface area contributed by atoms with E-state index in [1.165, 1.54) is 0 Å². The van der Waals surface area contributed by atoms with Crippen LogP contribution in [0.4, 0.5) is 0 Å². The summed E-state index contributed by atoms with van der Waals surface area (Å²) < 4.78 is 16.4. The first kappa shape index (κ1) is 23.1. The average molecular weight is 454 g/mol. The zero-order valence-electron chi connectivity index (χ0n) is 19.1. The Labute approximate surface area is 200 Å². The predicted molar refractivity (Wildman–Crippen MR) is 131 cm³/mol. The second-order valence-corrected chi connectivity index (χ2v) is 7.69. The molecule has 0 N–H and O–H groups in total. The SMILES string of the molecule is CCOC(=O)COc1ccc(C(c2ccc(OCc3ccccc3)cc2)c2ccccn2)cc1. The van der Waals surface area contributed by atoms with E-state index in [2.05, 4.69) is 17.1 Å². The molecule has 0 bridgehead atoms. The maximum atomic E-state index is 11.6. The van der Waals surface area contributed by atoms with Crippen molar-refractivity contribution in [2.24, 2.45) is 0 Å². The van der Waals surface area contributed by atoms with Crippen molar-refractivity contribution < 1.29 is 19.0 Å². The fourth-order valence-corrected chi connectivity index (χ4v) is 3.68. The number of hydrogen-bond donors (Lipinski definition) is 0. The average Bonchev–Trinajstić information content (AvgIpc) is 2.89. The quantitative estimate of drug-likeness (QED) is 0.285. The molecule has 0 saturated heterocycles. The highest BCUT2D eigenvalue weighted by Gasteiger charge is 2.18. The number of hydrogen-bond acceptors (Lipinski definition) is 5. The summed E-state index contributed by atoms with van der Waals surface area (Å²) >= 11 is 0. The van der Waals surface area contributed by atoms with Crippen LogP contribution in [0.3, 0.4) is 0 Å². The van der Waals surface area contributed by atoms with Gasteiger partial charge in [-0.25, -0.2) is 4.79 Å². The largest absolute Gasteiger partial charge is 0.489 e. The molecule has 1 atom stereocenters. The molecule has 0 aliphatic rings. The fourth-order valence-electron chi connectivity index (χ4n) is 3.68. The fraction of sp³-hybridized carbons (Fsp3) is 0.172. The zero-order valence-corrected chi connectivity index (χ0v) is 19.1. The van der Waals surface area contributed by atoms with Crippen molar-refractivity contribution >= 4 is 5.97 Å². The number of esters is 1. The molecule has 34 heavy (non-hydrogen) atoms. The molecule has 0 aliphatic heterocycles. The van der Waals surface area contributed by atoms with Crippen LogP contribution >= 0.6 is 0 Å². The van der Waals surface area contributed by atoms with Gasteiger partial charge in [-0.1, -0.05) is 60.7 Å². The molecule has 3 aromatic carbocycles. The van der Waals surface area contributed by atoms with Crippen LogP contribution in [-0.4, -0.2) is 24.2 Å². The summed E-state index contributed by atoms with van der Waals surface area (Å²) in [7, 11) is 0. The van der Waals surface area contributed by atoms with Gasteiger partial charge in [-0.3, -0.25) is 4.98 Å². The van der Waals surface area contributed by atoms with Crippen LogP contribution in [0.15, 0.2) is 103 Å². The van der Waals surface area contributed by atoms with Crippen molar-refractivity contribution in [3.05, 3.63) is 126 Å². The van der Waals surface area contributed by atoms with Crippen LogP contribution < -0.4 is 9.47 Å². The van der Waals surface area contributed by atoms with Crippen molar-refractivity contribution in [1.82, 2.24) is 4.98 Å². The topological polar surface area (TPSA) is 57.7 Å². The standard InChI is InChI=1S/C29H27NO4/c1-2-32-28(31)21-34-26-17-13-24(14-18-26)29(27-10-6-7-19-30-27)23-11-15-25(16-12-23)33-20-22-8-4-3-5-9-22/h3-19,29H,2,20-21H2,1H3. The molecule has 1 unspecified atom stereocenters. The summed E-state index contributed by atoms with van der Waals surface area (Å²) in [6.45, 7) is 2.52. The van der Waals surface area contributed by atoms with Crippen LogP contribution in [0.5, 0.6) is 11.5 Å². The van der Waals surface area contributed by atoms with E-state index in [1.54, 1.807) is 13.1 Å². The smallest absolute Gasteiger partial charge is 0.344 e. The number of pyridine rings is 1. The van der Waals surface area contributed by atoms with Crippen LogP contribution in [-0.2, 0) is 16.1 Å². The molecule has 0 radical (unpaired) electrons. The Hall–Kier alpha value is -4.12. The summed E-state index contributed by atoms with van der Waals surface area (Å²) in [5.41, 5.74) is 4.25. The Morgan fingerprint density at radius 2 is 1.38 bits per heavy atom. The number of carbonyl (C=O) groups is 1. The zero-order chi connectivity index (χ0) is 23.6. The van der Waals surface area contributed by atoms with Gasteiger partial charge in [0.1, 0.15) is 18.1 Å². The molecule has 4 aromatic rings. The number of nitrogens with zero attached hydrogens (tertiary/aromatic N) is 1. The summed E-state index contributed by atoms with van der Waals surface area (Å²) in [6.07, 6.45) is 1.80. The van der Waals surface area contributed by atoms with Gasteiger partial charge in [-0.2, -0.15) is 0 Å². The Morgan fingerprint density at radius 3 is 1.97 bits per heavy atom. The Kier molecular flexibility index (Phi) is 7.90. The van der Waals surface area contributed by atoms with Crippen LogP contribution in [0, 0.1) is 0 Å². The number of benzene rings is 3. The highest BCUT2D eigenvalue weighted by molar-refractivity contribution is 5.71. The van der Waals surface area contributed by atoms with Crippen LogP contribution in [0.2, 0.25) is 0 Å². The third-order valence-electron chi connectivity index (χ3n) is 5.32. The minimum absolute atomic E-state index is 0.0523. The lowest BCUT2D eigenvalue weighted by molar-refractivity contribution is -0.145. The molecule has 172 valence electrons. The van der Waals surface area contributed by atoms with Crippen molar-refractivity contribution in [1.29, 1.82) is 0 Å². The molecule has 0 amide bonds. The van der Waals surface area contributed by atoms with E-state index in [9.17, 15) is 4.79 Å². The van der Waals surface area contributed by atoms with E-state index < -0.39 is 0 Å². The van der Waals surface area contributed by atoms with Gasteiger partial charge in [-0.05, 0) is 60.0 Å². The maximum Gasteiger partial charge on any atom is 0.344 e. The Bertz CT molecular complexity index is 1160. The molecule has 4 rings (SSSR count). The van der Waals surface area contributed by atoms with Crippen LogP contribution in [0.1, 0.15) is 35.2 Å². The molecule has 1 heterocycles. The van der Waals surface area contributed by atoms with E-state index in [-0.39, 0.29) is 18.5 Å². The lowest BCUT2D eigenvalue weighted by Gasteiger charge is -2.19. The molecule has 1 aromatic heterocycles. The first-order valence-corrected chi connectivity index (χ1v) is 11.3. The first-order valence-electron chi connectivity index (χ1n) is 11.3. The van der Waals surface area contributed by atoms with E-state index >= 15 is 0 Å². The number of ether oxygens (including phenoxy) is 3. The normalized spacial score (nSPS) is 11.4. The van der Waals surface area contributed by atoms with Gasteiger partial charge in [0.25, 0.3) is 0 Å². The van der Waals surface area contributed by atoms with Gasteiger partial charge in [0.15, 0.2) is 6.61 Å². The van der Waals surface area contributed by atoms with Crippen molar-refractivity contribution in [2.45, 2.75) is 19.4 Å². The summed E-state index contributed by atoms with van der Waals surface area (Å²) in [5.74, 6) is 0.993. The van der Waals surface area contributed by atoms with Gasteiger partial charge < -0.3 is 14.2 Å². The molecule has 0 saturated carbocycles. The lowest BCUT2D eigenvalue weighted by Crippen LogP contribution is -2.14. The molecule has 5 heteroatoms. The summed E-state index contributed by atoms with van der Waals surface area (Å²) in [6, 6.07) is 31.9. The second kappa shape index (κ2) is 11.7. The van der Waals surface area contributed by atoms with E-state index in [0.717, 1.165) is 28.1 Å². The number of carbonyl (C=O) groups excluding carboxylic acids is 1. The van der Waals surface area contributed by atoms with E-state index in [0.29, 0.717) is 19.0 Å². The summed E-state index contributed by atoms with van der Waals surface area (Å²) in [5, 5.41) is 0. The minimum atomic E-state index is -0.382. The molecule has 0 spiro atoms. The lowest BCUT2D eigenvalue weighted by atomic mass is 9.88. The van der Waals surface area contributed by atoms with Gasteiger partial charge in [0, 0.05) is 6.20 Å². The molecule has 0 aliphatic carbocycles.